The maximum atomic E-state index is 12.1. The molecule has 3 N–H and O–H groups in total. The molecule has 2 aromatic rings. The lowest BCUT2D eigenvalue weighted by molar-refractivity contribution is -0.111. The molecule has 0 aromatic heterocycles. The molecule has 0 saturated carbocycles. The van der Waals surface area contributed by atoms with E-state index >= 15 is 0 Å². The standard InChI is InChI=1S/C17H18ClN3O/c1-21(2)16-9-8-14(19)11-15(16)20-17(22)10-5-12-3-6-13(18)7-4-12/h3-11H,19H2,1-2H3,(H,20,22)/b10-5+. The van der Waals surface area contributed by atoms with Gasteiger partial charge in [-0.05, 0) is 42.0 Å². The summed E-state index contributed by atoms with van der Waals surface area (Å²) in [4.78, 5) is 14.0. The van der Waals surface area contributed by atoms with Gasteiger partial charge < -0.3 is 16.0 Å². The van der Waals surface area contributed by atoms with Gasteiger partial charge in [-0.2, -0.15) is 0 Å². The van der Waals surface area contributed by atoms with E-state index in [9.17, 15) is 4.79 Å². The number of halogens is 1. The summed E-state index contributed by atoms with van der Waals surface area (Å²) in [5.41, 5.74) is 8.85. The number of rotatable bonds is 4. The van der Waals surface area contributed by atoms with E-state index in [4.69, 9.17) is 17.3 Å². The van der Waals surface area contributed by atoms with E-state index in [0.29, 0.717) is 16.4 Å². The number of nitrogens with one attached hydrogen (secondary N) is 1. The molecule has 1 amide bonds. The molecule has 0 atom stereocenters. The van der Waals surface area contributed by atoms with Gasteiger partial charge in [0.1, 0.15) is 0 Å². The molecule has 0 spiro atoms. The molecule has 0 heterocycles. The third-order valence-corrected chi connectivity index (χ3v) is 3.31. The predicted octanol–water partition coefficient (Wildman–Crippen LogP) is 3.64. The van der Waals surface area contributed by atoms with E-state index in [2.05, 4.69) is 5.32 Å². The van der Waals surface area contributed by atoms with E-state index in [-0.39, 0.29) is 5.91 Å². The van der Waals surface area contributed by atoms with Crippen LogP contribution in [0.25, 0.3) is 6.08 Å². The van der Waals surface area contributed by atoms with Crippen LogP contribution in [-0.4, -0.2) is 20.0 Å². The number of anilines is 3. The first-order valence-corrected chi connectivity index (χ1v) is 7.15. The van der Waals surface area contributed by atoms with Crippen LogP contribution in [0.3, 0.4) is 0 Å². The third kappa shape index (κ3) is 4.27. The number of carbonyl (C=O) groups is 1. The van der Waals surface area contributed by atoms with Gasteiger partial charge in [0, 0.05) is 30.9 Å². The van der Waals surface area contributed by atoms with E-state index < -0.39 is 0 Å². The Morgan fingerprint density at radius 2 is 1.86 bits per heavy atom. The minimum Gasteiger partial charge on any atom is -0.399 e. The van der Waals surface area contributed by atoms with Gasteiger partial charge in [-0.15, -0.1) is 0 Å². The van der Waals surface area contributed by atoms with Gasteiger partial charge in [0.25, 0.3) is 0 Å². The molecule has 0 bridgehead atoms. The molecular weight excluding hydrogens is 298 g/mol. The molecule has 0 aliphatic heterocycles. The van der Waals surface area contributed by atoms with Crippen LogP contribution >= 0.6 is 11.6 Å². The summed E-state index contributed by atoms with van der Waals surface area (Å²) in [6.07, 6.45) is 3.21. The lowest BCUT2D eigenvalue weighted by atomic mass is 10.2. The number of amides is 1. The number of carbonyl (C=O) groups excluding carboxylic acids is 1. The van der Waals surface area contributed by atoms with E-state index in [1.807, 2.05) is 37.2 Å². The zero-order valence-corrected chi connectivity index (χ0v) is 13.3. The topological polar surface area (TPSA) is 58.4 Å². The Hall–Kier alpha value is -2.46. The molecule has 0 radical (unpaired) electrons. The van der Waals surface area contributed by atoms with Gasteiger partial charge in [-0.25, -0.2) is 0 Å². The van der Waals surface area contributed by atoms with E-state index in [1.165, 1.54) is 6.08 Å². The fourth-order valence-electron chi connectivity index (χ4n) is 1.96. The number of nitrogens with zero attached hydrogens (tertiary/aromatic N) is 1. The van der Waals surface area contributed by atoms with E-state index in [1.54, 1.807) is 30.3 Å². The molecule has 22 heavy (non-hydrogen) atoms. The van der Waals surface area contributed by atoms with Crippen molar-refractivity contribution in [3.63, 3.8) is 0 Å². The number of nitrogens with two attached hydrogens (primary N) is 1. The molecular formula is C17H18ClN3O. The summed E-state index contributed by atoms with van der Waals surface area (Å²) in [6.45, 7) is 0. The maximum absolute atomic E-state index is 12.1. The van der Waals surface area contributed by atoms with E-state index in [0.717, 1.165) is 11.3 Å². The van der Waals surface area contributed by atoms with Crippen molar-refractivity contribution in [2.45, 2.75) is 0 Å². The first kappa shape index (κ1) is 15.9. The Morgan fingerprint density at radius 1 is 1.18 bits per heavy atom. The molecule has 2 aromatic carbocycles. The largest absolute Gasteiger partial charge is 0.399 e. The van der Waals surface area contributed by atoms with Gasteiger partial charge in [-0.1, -0.05) is 23.7 Å². The average Bonchev–Trinajstić information content (AvgIpc) is 2.46. The molecule has 0 fully saturated rings. The lowest BCUT2D eigenvalue weighted by Gasteiger charge is -2.17. The van der Waals surface area contributed by atoms with Crippen molar-refractivity contribution >= 4 is 40.6 Å². The van der Waals surface area contributed by atoms with Crippen molar-refractivity contribution in [3.05, 3.63) is 59.1 Å². The van der Waals surface area contributed by atoms with Crippen LogP contribution in [0.2, 0.25) is 5.02 Å². The molecule has 2 rings (SSSR count). The summed E-state index contributed by atoms with van der Waals surface area (Å²) in [5.74, 6) is -0.219. The normalized spacial score (nSPS) is 10.7. The minimum atomic E-state index is -0.219. The molecule has 114 valence electrons. The molecule has 0 saturated heterocycles. The van der Waals surface area contributed by atoms with Crippen LogP contribution in [0.4, 0.5) is 17.1 Å². The first-order valence-electron chi connectivity index (χ1n) is 6.77. The van der Waals surface area contributed by atoms with Crippen molar-refractivity contribution in [1.82, 2.24) is 0 Å². The van der Waals surface area contributed by atoms with Gasteiger partial charge in [0.15, 0.2) is 0 Å². The van der Waals surface area contributed by atoms with Crippen LogP contribution in [0.5, 0.6) is 0 Å². The molecule has 0 aliphatic rings. The summed E-state index contributed by atoms with van der Waals surface area (Å²) in [5, 5.41) is 3.50. The van der Waals surface area contributed by atoms with Gasteiger partial charge in [0.05, 0.1) is 11.4 Å². The SMILES string of the molecule is CN(C)c1ccc(N)cc1NC(=O)/C=C/c1ccc(Cl)cc1. The second-order valence-electron chi connectivity index (χ2n) is 5.05. The summed E-state index contributed by atoms with van der Waals surface area (Å²) < 4.78 is 0. The average molecular weight is 316 g/mol. The molecule has 0 unspecified atom stereocenters. The van der Waals surface area contributed by atoms with Gasteiger partial charge in [-0.3, -0.25) is 4.79 Å². The molecule has 5 heteroatoms. The fourth-order valence-corrected chi connectivity index (χ4v) is 2.09. The fraction of sp³-hybridized carbons (Fsp3) is 0.118. The van der Waals surface area contributed by atoms with Crippen molar-refractivity contribution in [1.29, 1.82) is 0 Å². The third-order valence-electron chi connectivity index (χ3n) is 3.06. The highest BCUT2D eigenvalue weighted by atomic mass is 35.5. The lowest BCUT2D eigenvalue weighted by Crippen LogP contribution is -2.15. The Bertz CT molecular complexity index is 694. The van der Waals surface area contributed by atoms with Crippen LogP contribution in [0, 0.1) is 0 Å². The zero-order valence-electron chi connectivity index (χ0n) is 12.5. The summed E-state index contributed by atoms with van der Waals surface area (Å²) in [7, 11) is 3.81. The maximum Gasteiger partial charge on any atom is 0.248 e. The smallest absolute Gasteiger partial charge is 0.248 e. The van der Waals surface area contributed by atoms with Crippen molar-refractivity contribution in [3.8, 4) is 0 Å². The number of hydrogen-bond donors (Lipinski definition) is 2. The van der Waals surface area contributed by atoms with Crippen molar-refractivity contribution in [2.75, 3.05) is 30.0 Å². The molecule has 0 aliphatic carbocycles. The number of benzene rings is 2. The predicted molar refractivity (Wildman–Crippen MR) is 94.3 cm³/mol. The quantitative estimate of drug-likeness (QED) is 0.669. The second-order valence-corrected chi connectivity index (χ2v) is 5.48. The molecule has 4 nitrogen and oxygen atoms in total. The zero-order chi connectivity index (χ0) is 16.1. The van der Waals surface area contributed by atoms with Crippen LogP contribution in [-0.2, 0) is 4.79 Å². The Kier molecular flexibility index (Phi) is 5.07. The summed E-state index contributed by atoms with van der Waals surface area (Å²) in [6, 6.07) is 12.7. The first-order chi connectivity index (χ1) is 10.5. The van der Waals surface area contributed by atoms with Gasteiger partial charge >= 0.3 is 0 Å². The highest BCUT2D eigenvalue weighted by Gasteiger charge is 2.07. The number of hydrogen-bond acceptors (Lipinski definition) is 3. The highest BCUT2D eigenvalue weighted by molar-refractivity contribution is 6.30. The Labute approximate surface area is 135 Å². The van der Waals surface area contributed by atoms with Crippen molar-refractivity contribution < 1.29 is 4.79 Å². The number of nitrogen functional groups attached to an aromatic ring is 1. The second kappa shape index (κ2) is 7.00. The Balaban J connectivity index is 2.12. The highest BCUT2D eigenvalue weighted by Crippen LogP contribution is 2.26. The van der Waals surface area contributed by atoms with Gasteiger partial charge in [0.2, 0.25) is 5.91 Å². The van der Waals surface area contributed by atoms with Crippen LogP contribution in [0.1, 0.15) is 5.56 Å². The minimum absolute atomic E-state index is 0.219. The monoisotopic (exact) mass is 315 g/mol. The summed E-state index contributed by atoms with van der Waals surface area (Å²) >= 11 is 5.82. The Morgan fingerprint density at radius 3 is 2.50 bits per heavy atom. The van der Waals surface area contributed by atoms with Crippen molar-refractivity contribution in [2.24, 2.45) is 0 Å². The van der Waals surface area contributed by atoms with Crippen LogP contribution < -0.4 is 16.0 Å². The van der Waals surface area contributed by atoms with Crippen LogP contribution in [0.15, 0.2) is 48.5 Å².